The minimum absolute atomic E-state index is 0.0968. The zero-order chi connectivity index (χ0) is 15.0. The molecule has 1 aliphatic heterocycles. The molecule has 2 aromatic carbocycles. The fourth-order valence-electron chi connectivity index (χ4n) is 2.23. The number of carbonyl (C=O) groups excluding carboxylic acids is 1. The molecular formula is C16H12BrNO3. The van der Waals surface area contributed by atoms with Crippen LogP contribution in [0.25, 0.3) is 11.6 Å². The van der Waals surface area contributed by atoms with Crippen LogP contribution in [0.15, 0.2) is 40.9 Å². The molecule has 106 valence electrons. The van der Waals surface area contributed by atoms with Gasteiger partial charge in [0.05, 0.1) is 7.11 Å². The summed E-state index contributed by atoms with van der Waals surface area (Å²) in [6.07, 6.45) is 1.66. The Morgan fingerprint density at radius 2 is 2.05 bits per heavy atom. The highest BCUT2D eigenvalue weighted by Gasteiger charge is 2.24. The zero-order valence-corrected chi connectivity index (χ0v) is 12.8. The van der Waals surface area contributed by atoms with Crippen LogP contribution in [0, 0.1) is 0 Å². The largest absolute Gasteiger partial charge is 0.507 e. The summed E-state index contributed by atoms with van der Waals surface area (Å²) >= 11 is 3.40. The van der Waals surface area contributed by atoms with Crippen molar-refractivity contribution in [3.05, 3.63) is 52.0 Å². The molecule has 0 aliphatic carbocycles. The van der Waals surface area contributed by atoms with Crippen molar-refractivity contribution >= 4 is 39.2 Å². The Morgan fingerprint density at radius 3 is 2.81 bits per heavy atom. The summed E-state index contributed by atoms with van der Waals surface area (Å²) in [4.78, 5) is 12.1. The van der Waals surface area contributed by atoms with Gasteiger partial charge in [-0.25, -0.2) is 0 Å². The first-order valence-electron chi connectivity index (χ1n) is 6.28. The van der Waals surface area contributed by atoms with Crippen molar-refractivity contribution in [1.29, 1.82) is 0 Å². The number of ether oxygens (including phenoxy) is 1. The third-order valence-electron chi connectivity index (χ3n) is 3.30. The number of aromatic hydroxyl groups is 1. The Hall–Kier alpha value is -2.27. The Morgan fingerprint density at radius 1 is 1.24 bits per heavy atom. The summed E-state index contributed by atoms with van der Waals surface area (Å²) in [6, 6.07) is 10.5. The molecule has 4 nitrogen and oxygen atoms in total. The summed E-state index contributed by atoms with van der Waals surface area (Å²) in [5.74, 6) is 0.525. The molecule has 0 spiro atoms. The van der Waals surface area contributed by atoms with Crippen LogP contribution in [0.4, 0.5) is 5.69 Å². The Balaban J connectivity index is 2.13. The number of methoxy groups -OCH3 is 1. The number of benzene rings is 2. The molecule has 0 aromatic heterocycles. The number of nitrogens with one attached hydrogen (secondary N) is 1. The van der Waals surface area contributed by atoms with Gasteiger partial charge in [0.1, 0.15) is 11.5 Å². The Bertz CT molecular complexity index is 768. The van der Waals surface area contributed by atoms with Crippen molar-refractivity contribution in [3.63, 3.8) is 0 Å². The maximum absolute atomic E-state index is 12.1. The van der Waals surface area contributed by atoms with Gasteiger partial charge < -0.3 is 15.2 Å². The average molecular weight is 346 g/mol. The van der Waals surface area contributed by atoms with Crippen LogP contribution in [0.3, 0.4) is 0 Å². The lowest BCUT2D eigenvalue weighted by Crippen LogP contribution is -2.03. The third kappa shape index (κ3) is 2.52. The highest BCUT2D eigenvalue weighted by atomic mass is 79.9. The molecule has 0 bridgehead atoms. The van der Waals surface area contributed by atoms with Gasteiger partial charge >= 0.3 is 0 Å². The van der Waals surface area contributed by atoms with Crippen molar-refractivity contribution in [3.8, 4) is 11.5 Å². The van der Waals surface area contributed by atoms with E-state index in [9.17, 15) is 9.90 Å². The van der Waals surface area contributed by atoms with E-state index in [1.807, 2.05) is 18.2 Å². The molecule has 0 saturated carbocycles. The van der Waals surface area contributed by atoms with Gasteiger partial charge in [0.2, 0.25) is 0 Å². The van der Waals surface area contributed by atoms with Crippen LogP contribution in [-0.4, -0.2) is 18.1 Å². The second-order valence-electron chi connectivity index (χ2n) is 4.63. The van der Waals surface area contributed by atoms with Gasteiger partial charge in [0, 0.05) is 26.9 Å². The molecule has 0 saturated heterocycles. The van der Waals surface area contributed by atoms with E-state index >= 15 is 0 Å². The van der Waals surface area contributed by atoms with Gasteiger partial charge in [0.25, 0.3) is 5.91 Å². The predicted octanol–water partition coefficient (Wildman–Crippen LogP) is 3.66. The Labute approximate surface area is 130 Å². The van der Waals surface area contributed by atoms with Crippen LogP contribution < -0.4 is 10.1 Å². The summed E-state index contributed by atoms with van der Waals surface area (Å²) in [6.45, 7) is 0. The minimum Gasteiger partial charge on any atom is -0.507 e. The van der Waals surface area contributed by atoms with E-state index in [0.29, 0.717) is 16.9 Å². The lowest BCUT2D eigenvalue weighted by molar-refractivity contribution is -0.110. The van der Waals surface area contributed by atoms with Crippen molar-refractivity contribution < 1.29 is 14.6 Å². The molecule has 1 amide bonds. The average Bonchev–Trinajstić information content (AvgIpc) is 2.77. The lowest BCUT2D eigenvalue weighted by atomic mass is 10.0. The van der Waals surface area contributed by atoms with Crippen molar-refractivity contribution in [2.24, 2.45) is 0 Å². The first kappa shape index (κ1) is 13.7. The maximum Gasteiger partial charge on any atom is 0.256 e. The maximum atomic E-state index is 12.1. The minimum atomic E-state index is -0.190. The summed E-state index contributed by atoms with van der Waals surface area (Å²) in [7, 11) is 1.55. The molecular weight excluding hydrogens is 334 g/mol. The smallest absolute Gasteiger partial charge is 0.256 e. The number of rotatable bonds is 2. The molecule has 21 heavy (non-hydrogen) atoms. The molecule has 1 heterocycles. The van der Waals surface area contributed by atoms with Crippen LogP contribution in [-0.2, 0) is 4.79 Å². The van der Waals surface area contributed by atoms with Crippen LogP contribution in [0.1, 0.15) is 11.1 Å². The van der Waals surface area contributed by atoms with E-state index in [1.165, 1.54) is 0 Å². The van der Waals surface area contributed by atoms with E-state index in [-0.39, 0.29) is 11.7 Å². The molecule has 0 unspecified atom stereocenters. The quantitative estimate of drug-likeness (QED) is 0.816. The van der Waals surface area contributed by atoms with Gasteiger partial charge in [-0.2, -0.15) is 0 Å². The SMILES string of the molecule is COc1ccc(O)c(/C=C2\C(=O)Nc3ccc(Br)cc32)c1. The number of carbonyl (C=O) groups is 1. The van der Waals surface area contributed by atoms with Gasteiger partial charge in [-0.3, -0.25) is 4.79 Å². The van der Waals surface area contributed by atoms with Crippen molar-refractivity contribution in [2.45, 2.75) is 0 Å². The molecule has 0 atom stereocenters. The van der Waals surface area contributed by atoms with Crippen LogP contribution >= 0.6 is 15.9 Å². The highest BCUT2D eigenvalue weighted by molar-refractivity contribution is 9.10. The molecule has 2 N–H and O–H groups in total. The van der Waals surface area contributed by atoms with Crippen molar-refractivity contribution in [1.82, 2.24) is 0 Å². The monoisotopic (exact) mass is 345 g/mol. The first-order chi connectivity index (χ1) is 10.1. The summed E-state index contributed by atoms with van der Waals surface area (Å²) < 4.78 is 6.03. The zero-order valence-electron chi connectivity index (χ0n) is 11.2. The Kier molecular flexibility index (Phi) is 3.43. The first-order valence-corrected chi connectivity index (χ1v) is 7.08. The second kappa shape index (κ2) is 5.26. The van der Waals surface area contributed by atoms with Gasteiger partial charge in [0.15, 0.2) is 0 Å². The van der Waals surface area contributed by atoms with Crippen LogP contribution in [0.2, 0.25) is 0 Å². The molecule has 3 rings (SSSR count). The number of halogens is 1. The molecule has 5 heteroatoms. The number of anilines is 1. The second-order valence-corrected chi connectivity index (χ2v) is 5.54. The van der Waals surface area contributed by atoms with E-state index < -0.39 is 0 Å². The van der Waals surface area contributed by atoms with Gasteiger partial charge in [-0.15, -0.1) is 0 Å². The van der Waals surface area contributed by atoms with Crippen molar-refractivity contribution in [2.75, 3.05) is 12.4 Å². The number of amides is 1. The predicted molar refractivity (Wildman–Crippen MR) is 85.3 cm³/mol. The lowest BCUT2D eigenvalue weighted by Gasteiger charge is -2.05. The fourth-order valence-corrected chi connectivity index (χ4v) is 2.60. The molecule has 1 aliphatic rings. The fraction of sp³-hybridized carbons (Fsp3) is 0.0625. The number of hydrogen-bond donors (Lipinski definition) is 2. The van der Waals surface area contributed by atoms with Crippen LogP contribution in [0.5, 0.6) is 11.5 Å². The van der Waals surface area contributed by atoms with Gasteiger partial charge in [-0.05, 0) is 42.5 Å². The van der Waals surface area contributed by atoms with E-state index in [2.05, 4.69) is 21.2 Å². The molecule has 0 radical (unpaired) electrons. The van der Waals surface area contributed by atoms with E-state index in [0.717, 1.165) is 15.7 Å². The number of phenols is 1. The molecule has 2 aromatic rings. The summed E-state index contributed by atoms with van der Waals surface area (Å²) in [5.41, 5.74) is 2.61. The van der Waals surface area contributed by atoms with E-state index in [4.69, 9.17) is 4.74 Å². The number of phenolic OH excluding ortho intramolecular Hbond substituents is 1. The topological polar surface area (TPSA) is 58.6 Å². The third-order valence-corrected chi connectivity index (χ3v) is 3.79. The summed E-state index contributed by atoms with van der Waals surface area (Å²) in [5, 5.41) is 12.7. The number of fused-ring (bicyclic) bond motifs is 1. The van der Waals surface area contributed by atoms with Gasteiger partial charge in [-0.1, -0.05) is 15.9 Å². The highest BCUT2D eigenvalue weighted by Crippen LogP contribution is 2.36. The standard InChI is InChI=1S/C16H12BrNO3/c1-21-11-3-5-15(19)9(6-11)7-13-12-8-10(17)2-4-14(12)18-16(13)20/h2-8,19H,1H3,(H,18,20)/b13-7-. The number of hydrogen-bond acceptors (Lipinski definition) is 3. The normalized spacial score (nSPS) is 15.0. The van der Waals surface area contributed by atoms with E-state index in [1.54, 1.807) is 31.4 Å². The molecule has 0 fully saturated rings.